The fourth-order valence-corrected chi connectivity index (χ4v) is 2.62. The van der Waals surface area contributed by atoms with Crippen molar-refractivity contribution in [1.82, 2.24) is 15.0 Å². The van der Waals surface area contributed by atoms with Crippen molar-refractivity contribution in [2.75, 3.05) is 11.1 Å². The highest BCUT2D eigenvalue weighted by Crippen LogP contribution is 2.26. The summed E-state index contributed by atoms with van der Waals surface area (Å²) in [6.45, 7) is 1.93. The Morgan fingerprint density at radius 3 is 2.90 bits per heavy atom. The van der Waals surface area contributed by atoms with Crippen LogP contribution in [0.1, 0.15) is 17.4 Å². The topological polar surface area (TPSA) is 111 Å². The standard InChI is InChI=1S/C10H8ClN5O3S2/c1-2-20-9-12-3-5(11)7(14-9)8(17)15-10-13-4-6(21-10)16(18)19/h3-4H,2H2,1H3,(H,13,15,17). The van der Waals surface area contributed by atoms with E-state index in [1.165, 1.54) is 18.0 Å². The Hall–Kier alpha value is -1.78. The number of hydrogen-bond acceptors (Lipinski definition) is 8. The van der Waals surface area contributed by atoms with Crippen LogP contribution < -0.4 is 5.32 Å². The summed E-state index contributed by atoms with van der Waals surface area (Å²) in [5, 5.41) is 13.4. The van der Waals surface area contributed by atoms with Crippen molar-refractivity contribution < 1.29 is 9.72 Å². The van der Waals surface area contributed by atoms with E-state index in [0.717, 1.165) is 23.3 Å². The molecule has 11 heteroatoms. The van der Waals surface area contributed by atoms with Gasteiger partial charge in [-0.2, -0.15) is 0 Å². The molecule has 2 aromatic rings. The average molecular weight is 346 g/mol. The van der Waals surface area contributed by atoms with Crippen LogP contribution in [-0.2, 0) is 0 Å². The lowest BCUT2D eigenvalue weighted by molar-refractivity contribution is -0.380. The zero-order valence-electron chi connectivity index (χ0n) is 10.6. The fourth-order valence-electron chi connectivity index (χ4n) is 1.27. The SMILES string of the molecule is CCSc1ncc(Cl)c(C(=O)Nc2ncc([N+](=O)[O-])s2)n1. The van der Waals surface area contributed by atoms with E-state index in [-0.39, 0.29) is 20.8 Å². The maximum Gasteiger partial charge on any atom is 0.345 e. The van der Waals surface area contributed by atoms with Gasteiger partial charge in [-0.05, 0) is 17.1 Å². The summed E-state index contributed by atoms with van der Waals surface area (Å²) in [6, 6.07) is 0. The maximum absolute atomic E-state index is 12.1. The fraction of sp³-hybridized carbons (Fsp3) is 0.200. The molecular weight excluding hydrogens is 338 g/mol. The van der Waals surface area contributed by atoms with Crippen molar-refractivity contribution in [3.63, 3.8) is 0 Å². The third kappa shape index (κ3) is 3.86. The maximum atomic E-state index is 12.1. The Morgan fingerprint density at radius 2 is 2.29 bits per heavy atom. The van der Waals surface area contributed by atoms with E-state index in [2.05, 4.69) is 20.3 Å². The number of halogens is 1. The minimum absolute atomic E-state index is 0.000435. The highest BCUT2D eigenvalue weighted by molar-refractivity contribution is 7.99. The normalized spacial score (nSPS) is 10.4. The number of carbonyl (C=O) groups is 1. The summed E-state index contributed by atoms with van der Waals surface area (Å²) < 4.78 is 0. The first-order chi connectivity index (χ1) is 10.0. The van der Waals surface area contributed by atoms with Crippen molar-refractivity contribution in [3.05, 3.63) is 33.2 Å². The second-order valence-corrected chi connectivity index (χ2v) is 6.14. The molecule has 0 unspecified atom stereocenters. The van der Waals surface area contributed by atoms with Gasteiger partial charge in [0.05, 0.1) is 16.1 Å². The molecule has 0 spiro atoms. The van der Waals surface area contributed by atoms with Gasteiger partial charge in [-0.15, -0.1) is 0 Å². The molecule has 110 valence electrons. The van der Waals surface area contributed by atoms with Gasteiger partial charge in [0.15, 0.2) is 16.0 Å². The van der Waals surface area contributed by atoms with Crippen LogP contribution in [0, 0.1) is 10.1 Å². The van der Waals surface area contributed by atoms with Gasteiger partial charge in [0.1, 0.15) is 6.20 Å². The predicted octanol–water partition coefficient (Wildman–Crippen LogP) is 2.86. The van der Waals surface area contributed by atoms with Crippen LogP contribution in [-0.4, -0.2) is 31.5 Å². The number of nitrogens with zero attached hydrogens (tertiary/aromatic N) is 4. The molecule has 0 bridgehead atoms. The number of carbonyl (C=O) groups excluding carboxylic acids is 1. The zero-order valence-corrected chi connectivity index (χ0v) is 13.0. The molecule has 8 nitrogen and oxygen atoms in total. The summed E-state index contributed by atoms with van der Waals surface area (Å²) in [5.74, 6) is 0.158. The van der Waals surface area contributed by atoms with E-state index < -0.39 is 10.8 Å². The zero-order chi connectivity index (χ0) is 15.4. The molecule has 0 atom stereocenters. The van der Waals surface area contributed by atoms with Crippen LogP contribution >= 0.6 is 34.7 Å². The molecule has 0 aromatic carbocycles. The number of rotatable bonds is 5. The Morgan fingerprint density at radius 1 is 1.52 bits per heavy atom. The van der Waals surface area contributed by atoms with E-state index in [9.17, 15) is 14.9 Å². The van der Waals surface area contributed by atoms with E-state index >= 15 is 0 Å². The van der Waals surface area contributed by atoms with Crippen LogP contribution in [0.3, 0.4) is 0 Å². The van der Waals surface area contributed by atoms with Crippen molar-refractivity contribution in [3.8, 4) is 0 Å². The van der Waals surface area contributed by atoms with E-state index in [4.69, 9.17) is 11.6 Å². The number of aromatic nitrogens is 3. The quantitative estimate of drug-likeness (QED) is 0.384. The molecule has 2 heterocycles. The first-order valence-corrected chi connectivity index (χ1v) is 7.76. The summed E-state index contributed by atoms with van der Waals surface area (Å²) in [4.78, 5) is 33.8. The molecule has 1 N–H and O–H groups in total. The number of hydrogen-bond donors (Lipinski definition) is 1. The number of nitrogens with one attached hydrogen (secondary N) is 1. The predicted molar refractivity (Wildman–Crippen MR) is 80.2 cm³/mol. The minimum atomic E-state index is -0.593. The van der Waals surface area contributed by atoms with E-state index in [1.54, 1.807) is 0 Å². The van der Waals surface area contributed by atoms with Crippen molar-refractivity contribution in [1.29, 1.82) is 0 Å². The summed E-state index contributed by atoms with van der Waals surface area (Å²) >= 11 is 8.01. The van der Waals surface area contributed by atoms with Crippen LogP contribution in [0.5, 0.6) is 0 Å². The molecule has 1 amide bonds. The van der Waals surface area contributed by atoms with Gasteiger partial charge in [-0.3, -0.25) is 20.2 Å². The van der Waals surface area contributed by atoms with Crippen molar-refractivity contribution in [2.24, 2.45) is 0 Å². The number of thioether (sulfide) groups is 1. The second kappa shape index (κ2) is 6.78. The molecule has 0 radical (unpaired) electrons. The van der Waals surface area contributed by atoms with Crippen molar-refractivity contribution in [2.45, 2.75) is 12.1 Å². The van der Waals surface area contributed by atoms with Gasteiger partial charge >= 0.3 is 5.00 Å². The molecular formula is C10H8ClN5O3S2. The molecule has 0 aliphatic heterocycles. The van der Waals surface area contributed by atoms with E-state index in [0.29, 0.717) is 5.16 Å². The third-order valence-electron chi connectivity index (χ3n) is 2.10. The van der Waals surface area contributed by atoms with Crippen LogP contribution in [0.25, 0.3) is 0 Å². The molecule has 2 aromatic heterocycles. The second-order valence-electron chi connectivity index (χ2n) is 3.50. The number of nitro groups is 1. The Labute approximate surface area is 132 Å². The highest BCUT2D eigenvalue weighted by Gasteiger charge is 2.18. The largest absolute Gasteiger partial charge is 0.345 e. The summed E-state index contributed by atoms with van der Waals surface area (Å²) in [6.07, 6.45) is 2.41. The first-order valence-electron chi connectivity index (χ1n) is 5.58. The molecule has 0 aliphatic carbocycles. The highest BCUT2D eigenvalue weighted by atomic mass is 35.5. The average Bonchev–Trinajstić information content (AvgIpc) is 2.90. The minimum Gasteiger partial charge on any atom is -0.296 e. The Kier molecular flexibility index (Phi) is 5.04. The van der Waals surface area contributed by atoms with Crippen LogP contribution in [0.2, 0.25) is 5.02 Å². The first kappa shape index (κ1) is 15.6. The van der Waals surface area contributed by atoms with Gasteiger partial charge in [0.2, 0.25) is 0 Å². The van der Waals surface area contributed by atoms with Crippen molar-refractivity contribution >= 4 is 50.7 Å². The lowest BCUT2D eigenvalue weighted by atomic mass is 10.4. The van der Waals surface area contributed by atoms with Gasteiger partial charge in [0, 0.05) is 0 Å². The molecule has 2 rings (SSSR count). The third-order valence-corrected chi connectivity index (χ3v) is 3.99. The number of amides is 1. The molecule has 0 fully saturated rings. The Bertz CT molecular complexity index is 693. The molecule has 0 aliphatic rings. The number of anilines is 1. The van der Waals surface area contributed by atoms with Gasteiger partial charge in [-0.1, -0.05) is 30.3 Å². The lowest BCUT2D eigenvalue weighted by Gasteiger charge is -2.04. The van der Waals surface area contributed by atoms with Crippen LogP contribution in [0.15, 0.2) is 17.6 Å². The molecule has 0 saturated heterocycles. The smallest absolute Gasteiger partial charge is 0.296 e. The Balaban J connectivity index is 2.19. The lowest BCUT2D eigenvalue weighted by Crippen LogP contribution is -2.15. The molecule has 0 saturated carbocycles. The van der Waals surface area contributed by atoms with Crippen LogP contribution in [0.4, 0.5) is 10.1 Å². The van der Waals surface area contributed by atoms with E-state index in [1.807, 2.05) is 6.92 Å². The number of thiazole rings is 1. The summed E-state index contributed by atoms with van der Waals surface area (Å²) in [5.41, 5.74) is 0.000435. The van der Waals surface area contributed by atoms with Gasteiger partial charge in [-0.25, -0.2) is 15.0 Å². The summed E-state index contributed by atoms with van der Waals surface area (Å²) in [7, 11) is 0. The van der Waals surface area contributed by atoms with Gasteiger partial charge in [0.25, 0.3) is 5.91 Å². The monoisotopic (exact) mass is 345 g/mol. The molecule has 21 heavy (non-hydrogen) atoms. The van der Waals surface area contributed by atoms with Gasteiger partial charge < -0.3 is 0 Å².